The molecule has 2 aromatic rings. The van der Waals surface area contributed by atoms with Gasteiger partial charge in [-0.25, -0.2) is 4.39 Å². The summed E-state index contributed by atoms with van der Waals surface area (Å²) in [5.41, 5.74) is 0.206. The average molecular weight is 256 g/mol. The lowest BCUT2D eigenvalue weighted by molar-refractivity contribution is 0.0996. The number of carbonyl (C=O) groups is 1. The molecule has 2 N–H and O–H groups in total. The van der Waals surface area contributed by atoms with E-state index < -0.39 is 17.5 Å². The van der Waals surface area contributed by atoms with Gasteiger partial charge >= 0.3 is 0 Å². The predicted octanol–water partition coefficient (Wildman–Crippen LogP) is 3.03. The summed E-state index contributed by atoms with van der Waals surface area (Å²) in [5.74, 6) is -1.84. The number of aromatic hydroxyl groups is 1. The summed E-state index contributed by atoms with van der Waals surface area (Å²) in [6.45, 7) is 0. The van der Waals surface area contributed by atoms with Gasteiger partial charge in [-0.15, -0.1) is 0 Å². The van der Waals surface area contributed by atoms with Gasteiger partial charge in [0.2, 0.25) is 0 Å². The van der Waals surface area contributed by atoms with Crippen LogP contribution in [0.3, 0.4) is 0 Å². The molecular formula is C11H7ClFNO3. The fraction of sp³-hybridized carbons (Fsp3) is 0. The lowest BCUT2D eigenvalue weighted by atomic mass is 10.3. The molecule has 0 saturated carbocycles. The van der Waals surface area contributed by atoms with E-state index in [-0.39, 0.29) is 16.7 Å². The fourth-order valence-corrected chi connectivity index (χ4v) is 1.36. The molecule has 0 atom stereocenters. The van der Waals surface area contributed by atoms with E-state index in [1.807, 2.05) is 0 Å². The monoisotopic (exact) mass is 255 g/mol. The van der Waals surface area contributed by atoms with E-state index in [0.29, 0.717) is 0 Å². The Morgan fingerprint density at radius 3 is 2.71 bits per heavy atom. The third-order valence-corrected chi connectivity index (χ3v) is 2.21. The van der Waals surface area contributed by atoms with Crippen LogP contribution in [-0.4, -0.2) is 11.0 Å². The van der Waals surface area contributed by atoms with Gasteiger partial charge in [-0.3, -0.25) is 4.79 Å². The highest BCUT2D eigenvalue weighted by Gasteiger charge is 2.11. The molecule has 0 fully saturated rings. The predicted molar refractivity (Wildman–Crippen MR) is 59.7 cm³/mol. The normalized spacial score (nSPS) is 10.2. The second-order valence-corrected chi connectivity index (χ2v) is 3.60. The summed E-state index contributed by atoms with van der Waals surface area (Å²) in [6, 6.07) is 6.32. The second kappa shape index (κ2) is 4.47. The third kappa shape index (κ3) is 2.57. The van der Waals surface area contributed by atoms with Crippen molar-refractivity contribution < 1.29 is 18.7 Å². The van der Waals surface area contributed by atoms with E-state index in [1.165, 1.54) is 18.2 Å². The number of halogens is 2. The Morgan fingerprint density at radius 1 is 1.35 bits per heavy atom. The maximum absolute atomic E-state index is 13.0. The summed E-state index contributed by atoms with van der Waals surface area (Å²) in [4.78, 5) is 11.6. The molecule has 0 bridgehead atoms. The SMILES string of the molecule is O=C(Nc1ccc(O)c(F)c1)c1ccc(Cl)o1. The van der Waals surface area contributed by atoms with Crippen molar-refractivity contribution in [2.75, 3.05) is 5.32 Å². The van der Waals surface area contributed by atoms with Gasteiger partial charge < -0.3 is 14.8 Å². The van der Waals surface area contributed by atoms with Crippen molar-refractivity contribution in [1.82, 2.24) is 0 Å². The number of hydrogen-bond donors (Lipinski definition) is 2. The van der Waals surface area contributed by atoms with Gasteiger partial charge in [0, 0.05) is 11.8 Å². The van der Waals surface area contributed by atoms with Crippen molar-refractivity contribution in [2.24, 2.45) is 0 Å². The van der Waals surface area contributed by atoms with Gasteiger partial charge in [-0.2, -0.15) is 0 Å². The summed E-state index contributed by atoms with van der Waals surface area (Å²) < 4.78 is 17.9. The number of carbonyl (C=O) groups excluding carboxylic acids is 1. The van der Waals surface area contributed by atoms with Gasteiger partial charge in [0.15, 0.2) is 22.5 Å². The lowest BCUT2D eigenvalue weighted by Crippen LogP contribution is -2.10. The molecule has 1 aromatic heterocycles. The number of nitrogens with one attached hydrogen (secondary N) is 1. The van der Waals surface area contributed by atoms with E-state index in [0.717, 1.165) is 12.1 Å². The lowest BCUT2D eigenvalue weighted by Gasteiger charge is -2.03. The number of furan rings is 1. The van der Waals surface area contributed by atoms with Crippen LogP contribution in [0, 0.1) is 5.82 Å². The average Bonchev–Trinajstić information content (AvgIpc) is 2.70. The molecule has 0 unspecified atom stereocenters. The molecule has 4 nitrogen and oxygen atoms in total. The van der Waals surface area contributed by atoms with Crippen molar-refractivity contribution in [3.63, 3.8) is 0 Å². The van der Waals surface area contributed by atoms with Gasteiger partial charge in [-0.05, 0) is 35.9 Å². The van der Waals surface area contributed by atoms with Crippen molar-refractivity contribution in [3.05, 3.63) is 47.1 Å². The second-order valence-electron chi connectivity index (χ2n) is 3.22. The van der Waals surface area contributed by atoms with Crippen LogP contribution in [0.4, 0.5) is 10.1 Å². The van der Waals surface area contributed by atoms with E-state index in [4.69, 9.17) is 21.1 Å². The highest BCUT2D eigenvalue weighted by Crippen LogP contribution is 2.20. The Kier molecular flexibility index (Phi) is 3.01. The Bertz CT molecular complexity index is 568. The minimum absolute atomic E-state index is 0.0171. The molecule has 17 heavy (non-hydrogen) atoms. The number of phenols is 1. The molecule has 0 aliphatic heterocycles. The van der Waals surface area contributed by atoms with Gasteiger partial charge in [0.1, 0.15) is 0 Å². The van der Waals surface area contributed by atoms with Gasteiger partial charge in [0.05, 0.1) is 0 Å². The van der Waals surface area contributed by atoms with Crippen LogP contribution in [-0.2, 0) is 0 Å². The zero-order valence-corrected chi connectivity index (χ0v) is 9.16. The Balaban J connectivity index is 2.15. The van der Waals surface area contributed by atoms with Crippen molar-refractivity contribution in [1.29, 1.82) is 0 Å². The molecule has 1 heterocycles. The molecule has 0 aliphatic carbocycles. The van der Waals surface area contributed by atoms with Crippen molar-refractivity contribution in [2.45, 2.75) is 0 Å². The smallest absolute Gasteiger partial charge is 0.291 e. The van der Waals surface area contributed by atoms with E-state index in [1.54, 1.807) is 0 Å². The van der Waals surface area contributed by atoms with Crippen LogP contribution in [0.25, 0.3) is 0 Å². The minimum Gasteiger partial charge on any atom is -0.505 e. The number of amides is 1. The van der Waals surface area contributed by atoms with Gasteiger partial charge in [0.25, 0.3) is 5.91 Å². The number of anilines is 1. The zero-order chi connectivity index (χ0) is 12.4. The quantitative estimate of drug-likeness (QED) is 0.811. The highest BCUT2D eigenvalue weighted by atomic mass is 35.5. The van der Waals surface area contributed by atoms with Crippen LogP contribution in [0.5, 0.6) is 5.75 Å². The molecule has 6 heteroatoms. The van der Waals surface area contributed by atoms with E-state index in [9.17, 15) is 9.18 Å². The Morgan fingerprint density at radius 2 is 2.12 bits per heavy atom. The molecule has 88 valence electrons. The van der Waals surface area contributed by atoms with Crippen LogP contribution < -0.4 is 5.32 Å². The van der Waals surface area contributed by atoms with Crippen LogP contribution in [0.15, 0.2) is 34.7 Å². The van der Waals surface area contributed by atoms with Crippen LogP contribution >= 0.6 is 11.6 Å². The fourth-order valence-electron chi connectivity index (χ4n) is 1.21. The maximum Gasteiger partial charge on any atom is 0.291 e. The number of rotatable bonds is 2. The summed E-state index contributed by atoms with van der Waals surface area (Å²) in [7, 11) is 0. The maximum atomic E-state index is 13.0. The molecule has 0 spiro atoms. The van der Waals surface area contributed by atoms with Crippen LogP contribution in [0.1, 0.15) is 10.6 Å². The molecule has 0 radical (unpaired) electrons. The van der Waals surface area contributed by atoms with E-state index in [2.05, 4.69) is 5.32 Å². The van der Waals surface area contributed by atoms with Gasteiger partial charge in [-0.1, -0.05) is 0 Å². The number of phenolic OH excluding ortho intramolecular Hbond substituents is 1. The number of benzene rings is 1. The largest absolute Gasteiger partial charge is 0.505 e. The third-order valence-electron chi connectivity index (χ3n) is 2.00. The number of hydrogen-bond acceptors (Lipinski definition) is 3. The first kappa shape index (κ1) is 11.5. The standard InChI is InChI=1S/C11H7ClFNO3/c12-10-4-3-9(17-10)11(16)14-6-1-2-8(15)7(13)5-6/h1-5,15H,(H,14,16). The summed E-state index contributed by atoms with van der Waals surface area (Å²) in [6.07, 6.45) is 0. The molecule has 1 amide bonds. The summed E-state index contributed by atoms with van der Waals surface area (Å²) in [5, 5.41) is 11.5. The first-order valence-electron chi connectivity index (χ1n) is 4.61. The Hall–Kier alpha value is -2.01. The first-order chi connectivity index (χ1) is 8.06. The molecule has 1 aromatic carbocycles. The Labute approximate surface area is 101 Å². The minimum atomic E-state index is -0.819. The molecule has 2 rings (SSSR count). The molecular weight excluding hydrogens is 249 g/mol. The van der Waals surface area contributed by atoms with E-state index >= 15 is 0 Å². The van der Waals surface area contributed by atoms with Crippen molar-refractivity contribution >= 4 is 23.2 Å². The summed E-state index contributed by atoms with van der Waals surface area (Å²) >= 11 is 5.51. The molecule has 0 aliphatic rings. The highest BCUT2D eigenvalue weighted by molar-refractivity contribution is 6.29. The van der Waals surface area contributed by atoms with Crippen molar-refractivity contribution in [3.8, 4) is 5.75 Å². The first-order valence-corrected chi connectivity index (χ1v) is 4.99. The zero-order valence-electron chi connectivity index (χ0n) is 8.41. The molecule has 0 saturated heterocycles. The topological polar surface area (TPSA) is 62.5 Å². The van der Waals surface area contributed by atoms with Crippen LogP contribution in [0.2, 0.25) is 5.22 Å².